The summed E-state index contributed by atoms with van der Waals surface area (Å²) in [5.74, 6) is 0.0679. The van der Waals surface area contributed by atoms with Gasteiger partial charge in [-0.15, -0.1) is 10.2 Å². The SMILES string of the molecule is CCN(C(=O)CSc1nnc(-c2ccccc2F)n1Cc1ccccc1)C1CCS(=O)(=O)C1. The number of halogens is 1. The maximum atomic E-state index is 14.5. The van der Waals surface area contributed by atoms with Gasteiger partial charge in [-0.3, -0.25) is 9.36 Å². The Labute approximate surface area is 196 Å². The number of rotatable bonds is 8. The molecule has 1 aliphatic rings. The molecule has 1 fully saturated rings. The summed E-state index contributed by atoms with van der Waals surface area (Å²) in [6.45, 7) is 2.71. The molecule has 2 heterocycles. The molecule has 0 saturated carbocycles. The van der Waals surface area contributed by atoms with E-state index < -0.39 is 15.7 Å². The van der Waals surface area contributed by atoms with Crippen molar-refractivity contribution in [1.29, 1.82) is 0 Å². The highest BCUT2D eigenvalue weighted by Gasteiger charge is 2.34. The van der Waals surface area contributed by atoms with Gasteiger partial charge in [0.15, 0.2) is 20.8 Å². The fraction of sp³-hybridized carbons (Fsp3) is 0.348. The van der Waals surface area contributed by atoms with E-state index in [1.807, 2.05) is 41.8 Å². The van der Waals surface area contributed by atoms with Crippen LogP contribution >= 0.6 is 11.8 Å². The summed E-state index contributed by atoms with van der Waals surface area (Å²) in [7, 11) is -3.09. The minimum absolute atomic E-state index is 0.0128. The van der Waals surface area contributed by atoms with Crippen molar-refractivity contribution in [3.05, 3.63) is 66.0 Å². The van der Waals surface area contributed by atoms with E-state index in [1.165, 1.54) is 17.8 Å². The van der Waals surface area contributed by atoms with E-state index in [0.717, 1.165) is 5.56 Å². The van der Waals surface area contributed by atoms with Crippen LogP contribution < -0.4 is 0 Å². The summed E-state index contributed by atoms with van der Waals surface area (Å²) in [5.41, 5.74) is 1.33. The molecule has 33 heavy (non-hydrogen) atoms. The molecule has 1 aromatic heterocycles. The molecule has 1 aliphatic heterocycles. The average molecular weight is 489 g/mol. The largest absolute Gasteiger partial charge is 0.338 e. The lowest BCUT2D eigenvalue weighted by atomic mass is 10.2. The van der Waals surface area contributed by atoms with Crippen molar-refractivity contribution >= 4 is 27.5 Å². The van der Waals surface area contributed by atoms with E-state index in [1.54, 1.807) is 23.1 Å². The van der Waals surface area contributed by atoms with Crippen LogP contribution in [0.3, 0.4) is 0 Å². The van der Waals surface area contributed by atoms with Crippen molar-refractivity contribution in [2.24, 2.45) is 0 Å². The summed E-state index contributed by atoms with van der Waals surface area (Å²) in [6, 6.07) is 15.8. The number of carbonyl (C=O) groups is 1. The molecule has 10 heteroatoms. The molecule has 0 radical (unpaired) electrons. The van der Waals surface area contributed by atoms with Crippen LogP contribution in [0.25, 0.3) is 11.4 Å². The van der Waals surface area contributed by atoms with Gasteiger partial charge in [0.05, 0.1) is 29.4 Å². The van der Waals surface area contributed by atoms with Crippen LogP contribution in [0.15, 0.2) is 59.8 Å². The number of nitrogens with zero attached hydrogens (tertiary/aromatic N) is 4. The van der Waals surface area contributed by atoms with Gasteiger partial charge in [0.2, 0.25) is 5.91 Å². The maximum absolute atomic E-state index is 14.5. The van der Waals surface area contributed by atoms with Crippen LogP contribution in [0.4, 0.5) is 4.39 Å². The molecular formula is C23H25FN4O3S2. The van der Waals surface area contributed by atoms with Gasteiger partial charge < -0.3 is 4.90 Å². The second-order valence-electron chi connectivity index (χ2n) is 7.88. The summed E-state index contributed by atoms with van der Waals surface area (Å²) < 4.78 is 40.0. The number of hydrogen-bond donors (Lipinski definition) is 0. The molecule has 174 valence electrons. The number of sulfone groups is 1. The molecule has 4 rings (SSSR count). The molecule has 0 N–H and O–H groups in total. The van der Waals surface area contributed by atoms with E-state index in [4.69, 9.17) is 0 Å². The van der Waals surface area contributed by atoms with Gasteiger partial charge >= 0.3 is 0 Å². The van der Waals surface area contributed by atoms with Gasteiger partial charge in [0.25, 0.3) is 0 Å². The number of benzene rings is 2. The second-order valence-corrected chi connectivity index (χ2v) is 11.1. The molecule has 1 saturated heterocycles. The minimum atomic E-state index is -3.09. The Kier molecular flexibility index (Phi) is 7.14. The molecular weight excluding hydrogens is 463 g/mol. The number of amides is 1. The fourth-order valence-corrected chi connectivity index (χ4v) is 6.57. The molecule has 0 spiro atoms. The Morgan fingerprint density at radius 3 is 2.55 bits per heavy atom. The van der Waals surface area contributed by atoms with Crippen LogP contribution in [-0.4, -0.2) is 63.8 Å². The lowest BCUT2D eigenvalue weighted by Gasteiger charge is -2.26. The summed E-state index contributed by atoms with van der Waals surface area (Å²) >= 11 is 1.22. The second kappa shape index (κ2) is 10.0. The van der Waals surface area contributed by atoms with Gasteiger partial charge in [-0.1, -0.05) is 54.2 Å². The molecule has 0 aliphatic carbocycles. The lowest BCUT2D eigenvalue weighted by molar-refractivity contribution is -0.129. The van der Waals surface area contributed by atoms with Crippen molar-refractivity contribution in [2.75, 3.05) is 23.8 Å². The zero-order valence-electron chi connectivity index (χ0n) is 18.2. The zero-order chi connectivity index (χ0) is 23.4. The first-order chi connectivity index (χ1) is 15.9. The first kappa shape index (κ1) is 23.4. The third-order valence-corrected chi connectivity index (χ3v) is 8.35. The van der Waals surface area contributed by atoms with E-state index in [2.05, 4.69) is 10.2 Å². The van der Waals surface area contributed by atoms with Crippen LogP contribution in [-0.2, 0) is 21.2 Å². The van der Waals surface area contributed by atoms with Gasteiger partial charge in [0, 0.05) is 12.6 Å². The van der Waals surface area contributed by atoms with Crippen molar-refractivity contribution in [3.63, 3.8) is 0 Å². The third kappa shape index (κ3) is 5.44. The number of hydrogen-bond acceptors (Lipinski definition) is 6. The van der Waals surface area contributed by atoms with Gasteiger partial charge in [-0.05, 0) is 31.0 Å². The van der Waals surface area contributed by atoms with Crippen LogP contribution in [0.2, 0.25) is 0 Å². The maximum Gasteiger partial charge on any atom is 0.233 e. The molecule has 7 nitrogen and oxygen atoms in total. The first-order valence-corrected chi connectivity index (χ1v) is 13.5. The number of carbonyl (C=O) groups excluding carboxylic acids is 1. The predicted molar refractivity (Wildman–Crippen MR) is 126 cm³/mol. The van der Waals surface area contributed by atoms with Crippen molar-refractivity contribution in [3.8, 4) is 11.4 Å². The van der Waals surface area contributed by atoms with E-state index in [-0.39, 0.29) is 29.2 Å². The Morgan fingerprint density at radius 1 is 1.15 bits per heavy atom. The van der Waals surface area contributed by atoms with E-state index in [9.17, 15) is 17.6 Å². The van der Waals surface area contributed by atoms with Crippen molar-refractivity contribution in [1.82, 2.24) is 19.7 Å². The van der Waals surface area contributed by atoms with E-state index in [0.29, 0.717) is 36.1 Å². The van der Waals surface area contributed by atoms with Crippen LogP contribution in [0.1, 0.15) is 18.9 Å². The highest BCUT2D eigenvalue weighted by molar-refractivity contribution is 7.99. The van der Waals surface area contributed by atoms with E-state index >= 15 is 0 Å². The quantitative estimate of drug-likeness (QED) is 0.453. The molecule has 1 unspecified atom stereocenters. The van der Waals surface area contributed by atoms with Gasteiger partial charge in [-0.2, -0.15) is 0 Å². The standard InChI is InChI=1S/C23H25FN4O3S2/c1-2-27(18-12-13-33(30,31)16-18)21(29)15-32-23-26-25-22(19-10-6-7-11-20(19)24)28(23)14-17-8-4-3-5-9-17/h3-11,18H,2,12-16H2,1H3. The van der Waals surface area contributed by atoms with Gasteiger partial charge in [-0.25, -0.2) is 12.8 Å². The van der Waals surface area contributed by atoms with Gasteiger partial charge in [0.1, 0.15) is 5.82 Å². The third-order valence-electron chi connectivity index (χ3n) is 5.65. The monoisotopic (exact) mass is 488 g/mol. The smallest absolute Gasteiger partial charge is 0.233 e. The lowest BCUT2D eigenvalue weighted by Crippen LogP contribution is -2.42. The highest BCUT2D eigenvalue weighted by Crippen LogP contribution is 2.28. The molecule has 2 aromatic carbocycles. The molecule has 1 atom stereocenters. The predicted octanol–water partition coefficient (Wildman–Crippen LogP) is 3.26. The first-order valence-electron chi connectivity index (χ1n) is 10.7. The minimum Gasteiger partial charge on any atom is -0.338 e. The highest BCUT2D eigenvalue weighted by atomic mass is 32.2. The Balaban J connectivity index is 1.57. The summed E-state index contributed by atoms with van der Waals surface area (Å²) in [6.07, 6.45) is 0.466. The average Bonchev–Trinajstić information content (AvgIpc) is 3.36. The Bertz CT molecular complexity index is 1230. The molecule has 1 amide bonds. The van der Waals surface area contributed by atoms with Crippen molar-refractivity contribution in [2.45, 2.75) is 31.1 Å². The molecule has 3 aromatic rings. The Hall–Kier alpha value is -2.72. The number of aromatic nitrogens is 3. The molecule has 0 bridgehead atoms. The van der Waals surface area contributed by atoms with Crippen molar-refractivity contribution < 1.29 is 17.6 Å². The van der Waals surface area contributed by atoms with Crippen LogP contribution in [0, 0.1) is 5.82 Å². The summed E-state index contributed by atoms with van der Waals surface area (Å²) in [4.78, 5) is 14.6. The summed E-state index contributed by atoms with van der Waals surface area (Å²) in [5, 5.41) is 8.98. The normalized spacial score (nSPS) is 17.2. The topological polar surface area (TPSA) is 85.2 Å². The zero-order valence-corrected chi connectivity index (χ0v) is 19.9. The van der Waals surface area contributed by atoms with Crippen LogP contribution in [0.5, 0.6) is 0 Å². The Morgan fingerprint density at radius 2 is 1.88 bits per heavy atom. The number of thioether (sulfide) groups is 1. The fourth-order valence-electron chi connectivity index (χ4n) is 4.01.